The third kappa shape index (κ3) is 14.6. The van der Waals surface area contributed by atoms with Crippen molar-refractivity contribution in [2.45, 2.75) is 137 Å². The number of aromatic nitrogens is 3. The first-order valence-corrected chi connectivity index (χ1v) is 28.8. The summed E-state index contributed by atoms with van der Waals surface area (Å²) < 4.78 is 6.76. The van der Waals surface area contributed by atoms with Crippen LogP contribution in [0.2, 0.25) is 0 Å². The van der Waals surface area contributed by atoms with Gasteiger partial charge in [0.05, 0.1) is 44.0 Å². The minimum Gasteiger partial charge on any atom is -0.455 e. The number of nitrogens with zero attached hydrogens (tertiary/aromatic N) is 6. The second-order valence-electron chi connectivity index (χ2n) is 22.6. The molecule has 2 aliphatic rings. The van der Waals surface area contributed by atoms with Crippen molar-refractivity contribution < 1.29 is 38.6 Å². The lowest BCUT2D eigenvalue weighted by Gasteiger charge is -2.35. The van der Waals surface area contributed by atoms with Gasteiger partial charge in [-0.3, -0.25) is 29.3 Å². The summed E-state index contributed by atoms with van der Waals surface area (Å²) in [6.07, 6.45) is 1.25. The Kier molecular flexibility index (Phi) is 18.5. The van der Waals surface area contributed by atoms with Crippen molar-refractivity contribution in [3.63, 3.8) is 0 Å². The Morgan fingerprint density at radius 2 is 1.68 bits per heavy atom. The van der Waals surface area contributed by atoms with Gasteiger partial charge in [-0.15, -0.1) is 11.3 Å². The van der Waals surface area contributed by atoms with Crippen molar-refractivity contribution in [2.24, 2.45) is 5.41 Å². The van der Waals surface area contributed by atoms with Crippen molar-refractivity contribution in [3.8, 4) is 22.3 Å². The average molecular weight is 1120 g/mol. The predicted octanol–water partition coefficient (Wildman–Crippen LogP) is 9.02. The number of carbonyl (C=O) groups excluding carboxylic acids is 6. The Labute approximate surface area is 475 Å². The summed E-state index contributed by atoms with van der Waals surface area (Å²) >= 11 is 2.98. The molecule has 4 N–H and O–H groups in total. The minimum absolute atomic E-state index is 0.0406. The number of anilines is 2. The van der Waals surface area contributed by atoms with E-state index in [9.17, 15) is 33.9 Å². The first-order chi connectivity index (χ1) is 38.0. The predicted molar refractivity (Wildman–Crippen MR) is 312 cm³/mol. The third-order valence-electron chi connectivity index (χ3n) is 14.1. The van der Waals surface area contributed by atoms with Crippen molar-refractivity contribution in [1.29, 1.82) is 0 Å². The van der Waals surface area contributed by atoms with E-state index in [0.717, 1.165) is 43.0 Å². The van der Waals surface area contributed by atoms with E-state index in [1.165, 1.54) is 16.2 Å². The van der Waals surface area contributed by atoms with Crippen LogP contribution in [0.1, 0.15) is 142 Å². The Hall–Kier alpha value is -7.53. The molecule has 1 saturated heterocycles. The van der Waals surface area contributed by atoms with Gasteiger partial charge in [0.1, 0.15) is 23.5 Å². The highest BCUT2D eigenvalue weighted by molar-refractivity contribution is 7.22. The van der Waals surface area contributed by atoms with Gasteiger partial charge in [-0.2, -0.15) is 0 Å². The molecule has 0 bridgehead atoms. The molecule has 3 aromatic heterocycles. The third-order valence-corrected chi connectivity index (χ3v) is 16.1. The Morgan fingerprint density at radius 3 is 2.39 bits per heavy atom. The number of rotatable bonds is 17. The maximum atomic E-state index is 14.2. The molecule has 1 fully saturated rings. The Bertz CT molecular complexity index is 3300. The van der Waals surface area contributed by atoms with Crippen molar-refractivity contribution in [1.82, 2.24) is 35.4 Å². The summed E-state index contributed by atoms with van der Waals surface area (Å²) in [6.45, 7) is 16.0. The van der Waals surface area contributed by atoms with Gasteiger partial charge >= 0.3 is 5.97 Å². The lowest BCUT2D eigenvalue weighted by atomic mass is 9.85. The van der Waals surface area contributed by atoms with Gasteiger partial charge in [0, 0.05) is 64.5 Å². The average Bonchev–Trinajstić information content (AvgIpc) is 4.18. The number of aliphatic hydroxyl groups is 1. The molecular weight excluding hydrogens is 1050 g/mol. The summed E-state index contributed by atoms with van der Waals surface area (Å²) in [4.78, 5) is 102. The number of pyridine rings is 1. The second kappa shape index (κ2) is 25.3. The van der Waals surface area contributed by atoms with Crippen LogP contribution >= 0.6 is 22.7 Å². The number of benzene rings is 3. The highest BCUT2D eigenvalue weighted by Crippen LogP contribution is 2.32. The fourth-order valence-electron chi connectivity index (χ4n) is 9.81. The number of β-amino-alcohol motifs (C(OH)–C–C–N with tert-alkyl or cyclic N) is 1. The smallest absolute Gasteiger partial charge is 0.358 e. The number of hydrogen-bond acceptors (Lipinski definition) is 14. The van der Waals surface area contributed by atoms with Gasteiger partial charge in [0.25, 0.3) is 5.91 Å². The molecule has 2 aliphatic heterocycles. The first-order valence-electron chi connectivity index (χ1n) is 27.1. The van der Waals surface area contributed by atoms with E-state index in [1.54, 1.807) is 50.1 Å². The summed E-state index contributed by atoms with van der Waals surface area (Å²) in [7, 11) is 1.68. The molecule has 5 amide bonds. The Morgan fingerprint density at radius 1 is 0.912 bits per heavy atom. The number of amides is 5. The van der Waals surface area contributed by atoms with Crippen LogP contribution in [0.25, 0.3) is 20.7 Å². The number of unbranched alkanes of at least 4 members (excludes halogenated alkanes) is 1. The van der Waals surface area contributed by atoms with Gasteiger partial charge in [-0.05, 0) is 112 Å². The van der Waals surface area contributed by atoms with Crippen LogP contribution in [0.5, 0.6) is 0 Å². The molecule has 4 atom stereocenters. The zero-order valence-electron chi connectivity index (χ0n) is 47.0. The maximum absolute atomic E-state index is 14.2. The monoisotopic (exact) mass is 1120 g/mol. The number of hydrogen-bond donors (Lipinski definition) is 4. The minimum atomic E-state index is -0.982. The van der Waals surface area contributed by atoms with Crippen LogP contribution in [-0.4, -0.2) is 116 Å². The topological polar surface area (TPSA) is 216 Å². The molecule has 8 rings (SSSR count). The lowest BCUT2D eigenvalue weighted by molar-refractivity contribution is -0.144. The summed E-state index contributed by atoms with van der Waals surface area (Å²) in [6, 6.07) is 22.6. The van der Waals surface area contributed by atoms with E-state index < -0.39 is 41.1 Å². The van der Waals surface area contributed by atoms with E-state index in [0.29, 0.717) is 67.4 Å². The lowest BCUT2D eigenvalue weighted by Crippen LogP contribution is -2.57. The van der Waals surface area contributed by atoms with Crippen molar-refractivity contribution in [2.75, 3.05) is 36.9 Å². The normalized spacial score (nSPS) is 16.0. The summed E-state index contributed by atoms with van der Waals surface area (Å²) in [5.41, 5.74) is 6.92. The van der Waals surface area contributed by atoms with Crippen LogP contribution in [0.4, 0.5) is 10.9 Å². The quantitative estimate of drug-likeness (QED) is 0.0382. The molecule has 0 aliphatic carbocycles. The molecule has 6 aromatic rings. The molecule has 5 heterocycles. The van der Waals surface area contributed by atoms with Crippen molar-refractivity contribution in [3.05, 3.63) is 124 Å². The number of para-hydroxylation sites is 1. The number of aliphatic hydroxyl groups excluding tert-OH is 1. The van der Waals surface area contributed by atoms with Crippen LogP contribution in [0, 0.1) is 24.2 Å². The number of thiazole rings is 2. The first kappa shape index (κ1) is 58.6. The second-order valence-corrected chi connectivity index (χ2v) is 24.5. The number of carbonyl (C=O) groups is 6. The Balaban J connectivity index is 0.817. The van der Waals surface area contributed by atoms with Gasteiger partial charge < -0.3 is 35.2 Å². The molecule has 3 aromatic carbocycles. The van der Waals surface area contributed by atoms with E-state index in [2.05, 4.69) is 37.8 Å². The highest BCUT2D eigenvalue weighted by atomic mass is 32.1. The molecule has 0 unspecified atom stereocenters. The van der Waals surface area contributed by atoms with Crippen LogP contribution < -0.4 is 20.9 Å². The summed E-state index contributed by atoms with van der Waals surface area (Å²) in [5, 5.41) is 20.2. The van der Waals surface area contributed by atoms with Gasteiger partial charge in [-0.1, -0.05) is 92.5 Å². The van der Waals surface area contributed by atoms with Gasteiger partial charge in [0.2, 0.25) is 23.6 Å². The number of ether oxygens (including phenoxy) is 1. The molecule has 0 radical (unpaired) electrons. The fourth-order valence-corrected chi connectivity index (χ4v) is 11.5. The molecule has 0 spiro atoms. The van der Waals surface area contributed by atoms with Crippen LogP contribution in [0.3, 0.4) is 0 Å². The fraction of sp³-hybridized carbons (Fsp3) is 0.426. The number of nitrogens with one attached hydrogen (secondary N) is 3. The molecular formula is C61H71N9O8S2. The zero-order chi connectivity index (χ0) is 57.5. The van der Waals surface area contributed by atoms with Gasteiger partial charge in [0.15, 0.2) is 10.8 Å². The number of aryl methyl sites for hydroxylation is 1. The molecule has 19 heteroatoms. The maximum Gasteiger partial charge on any atom is 0.358 e. The van der Waals surface area contributed by atoms with E-state index >= 15 is 0 Å². The number of esters is 1. The van der Waals surface area contributed by atoms with E-state index in [1.807, 2.05) is 118 Å². The largest absolute Gasteiger partial charge is 0.455 e. The van der Waals surface area contributed by atoms with Crippen molar-refractivity contribution >= 4 is 79.3 Å². The molecule has 80 heavy (non-hydrogen) atoms. The van der Waals surface area contributed by atoms with Crippen LogP contribution in [0.15, 0.2) is 84.4 Å². The molecule has 0 saturated carbocycles. The standard InChI is InChI=1S/C61H71N9O8S2/c1-37(39-24-26-42(27-25-39)53-38(2)62-36-79-53)63-56(75)47-33-43(71)34-70(47)57(76)54(60(3,4)5)66-50(72)22-16-31-68(9)51(73)23-12-10-11-17-41-28-29-49(65-52(41)58(77)78-61(6,7)8)69-32-30-40-18-15-19-44(45(40)35-69)55(74)67-59-64-46-20-13-14-21-48(46)80-59/h13-15,18-21,24-29,36-37,43,47,54,71H,10,12,16,22-23,30-35H2,1-9H3,(H,63,75)(H,66,72)(H,64,67,74)/t37-,43+,47-,54+/m0/s1. The number of likely N-dealkylation sites (tertiary alicyclic amines) is 1. The molecule has 17 nitrogen and oxygen atoms in total. The molecule has 420 valence electrons. The van der Waals surface area contributed by atoms with Gasteiger partial charge in [-0.25, -0.2) is 19.7 Å². The number of fused-ring (bicyclic) bond motifs is 2. The van der Waals surface area contributed by atoms with Crippen LogP contribution in [-0.2, 0) is 36.9 Å². The SMILES string of the molecule is Cc1ncsc1-c1ccc([C@H](C)NC(=O)[C@@H]2C[C@@H](O)CN2C(=O)[C@@H](NC(=O)CCCN(C)C(=O)CCCC#Cc2ccc(N3CCc4cccc(C(=O)Nc5nc6ccccc6s5)c4C3)nc2C(=O)OC(C)(C)C)C(C)(C)C)cc1. The zero-order valence-corrected chi connectivity index (χ0v) is 48.6. The summed E-state index contributed by atoms with van der Waals surface area (Å²) in [5.74, 6) is 4.55. The van der Waals surface area contributed by atoms with E-state index in [4.69, 9.17) is 9.72 Å². The highest BCUT2D eigenvalue weighted by Gasteiger charge is 2.45. The van der Waals surface area contributed by atoms with E-state index in [-0.39, 0.29) is 61.2 Å².